The average molecular weight is 374 g/mol. The van der Waals surface area contributed by atoms with Crippen LogP contribution in [-0.4, -0.2) is 25.6 Å². The first-order valence-electron chi connectivity index (χ1n) is 7.77. The molecule has 2 aromatic carbocycles. The topological polar surface area (TPSA) is 77.8 Å². The molecule has 1 N–H and O–H groups in total. The number of carbonyl (C=O) groups excluding carboxylic acids is 2. The van der Waals surface area contributed by atoms with Gasteiger partial charge in [0.15, 0.2) is 6.61 Å². The molecule has 3 aromatic rings. The van der Waals surface area contributed by atoms with Crippen molar-refractivity contribution in [2.45, 2.75) is 6.92 Å². The second-order valence-corrected chi connectivity index (χ2v) is 5.98. The number of anilines is 1. The Balaban J connectivity index is 1.63. The van der Waals surface area contributed by atoms with Crippen molar-refractivity contribution >= 4 is 40.1 Å². The van der Waals surface area contributed by atoms with Gasteiger partial charge < -0.3 is 19.2 Å². The molecule has 0 aliphatic heterocycles. The van der Waals surface area contributed by atoms with E-state index in [-0.39, 0.29) is 5.76 Å². The number of nitrogens with one attached hydrogen (secondary N) is 1. The number of ether oxygens (including phenoxy) is 2. The molecule has 3 rings (SSSR count). The summed E-state index contributed by atoms with van der Waals surface area (Å²) in [5.74, 6) is -0.762. The molecule has 0 spiro atoms. The summed E-state index contributed by atoms with van der Waals surface area (Å²) in [6, 6.07) is 12.1. The lowest BCUT2D eigenvalue weighted by Gasteiger charge is -2.12. The number of methoxy groups -OCH3 is 1. The van der Waals surface area contributed by atoms with E-state index in [2.05, 4.69) is 5.32 Å². The minimum absolute atomic E-state index is 0.0407. The number of fused-ring (bicyclic) bond motifs is 1. The number of rotatable bonds is 5. The maximum atomic E-state index is 12.1. The summed E-state index contributed by atoms with van der Waals surface area (Å²) in [6.45, 7) is 1.35. The molecule has 7 heteroatoms. The number of benzene rings is 2. The van der Waals surface area contributed by atoms with Crippen LogP contribution in [0.3, 0.4) is 0 Å². The molecule has 134 valence electrons. The van der Waals surface area contributed by atoms with Gasteiger partial charge in [-0.15, -0.1) is 0 Å². The average Bonchev–Trinajstić information content (AvgIpc) is 3.06. The van der Waals surface area contributed by atoms with E-state index >= 15 is 0 Å². The van der Waals surface area contributed by atoms with Gasteiger partial charge in [-0.25, -0.2) is 4.79 Å². The summed E-state index contributed by atoms with van der Waals surface area (Å²) >= 11 is 6.03. The molecule has 0 bridgehead atoms. The van der Waals surface area contributed by atoms with E-state index in [0.717, 1.165) is 10.9 Å². The molecule has 1 amide bonds. The summed E-state index contributed by atoms with van der Waals surface area (Å²) in [6.07, 6.45) is 0. The fourth-order valence-corrected chi connectivity index (χ4v) is 2.55. The quantitative estimate of drug-likeness (QED) is 0.678. The summed E-state index contributed by atoms with van der Waals surface area (Å²) in [5, 5.41) is 3.94. The lowest BCUT2D eigenvalue weighted by Crippen LogP contribution is -2.21. The molecule has 1 heterocycles. The molecule has 1 aromatic heterocycles. The van der Waals surface area contributed by atoms with Crippen molar-refractivity contribution in [2.75, 3.05) is 19.0 Å². The summed E-state index contributed by atoms with van der Waals surface area (Å²) in [7, 11) is 1.47. The number of halogens is 1. The van der Waals surface area contributed by atoms with E-state index in [1.165, 1.54) is 7.11 Å². The van der Waals surface area contributed by atoms with Crippen molar-refractivity contribution < 1.29 is 23.5 Å². The Morgan fingerprint density at radius 1 is 1.19 bits per heavy atom. The predicted molar refractivity (Wildman–Crippen MR) is 97.9 cm³/mol. The van der Waals surface area contributed by atoms with Crippen LogP contribution in [0.1, 0.15) is 16.1 Å². The van der Waals surface area contributed by atoms with Gasteiger partial charge in [0, 0.05) is 16.5 Å². The van der Waals surface area contributed by atoms with Crippen LogP contribution in [-0.2, 0) is 9.53 Å². The molecule has 26 heavy (non-hydrogen) atoms. The monoisotopic (exact) mass is 373 g/mol. The number of carbonyl (C=O) groups is 2. The summed E-state index contributed by atoms with van der Waals surface area (Å²) < 4.78 is 15.6. The van der Waals surface area contributed by atoms with Gasteiger partial charge in [-0.1, -0.05) is 29.8 Å². The van der Waals surface area contributed by atoms with Crippen LogP contribution in [0.15, 0.2) is 46.9 Å². The van der Waals surface area contributed by atoms with Gasteiger partial charge in [-0.2, -0.15) is 0 Å². The third kappa shape index (κ3) is 3.81. The van der Waals surface area contributed by atoms with Crippen molar-refractivity contribution in [3.8, 4) is 5.75 Å². The molecule has 0 radical (unpaired) electrons. The highest BCUT2D eigenvalue weighted by molar-refractivity contribution is 6.31. The molecular formula is C19H16ClNO5. The minimum Gasteiger partial charge on any atom is -0.495 e. The largest absolute Gasteiger partial charge is 0.495 e. The number of furan rings is 1. The smallest absolute Gasteiger partial charge is 0.374 e. The number of amides is 1. The SMILES string of the molecule is COc1cc(Cl)c(C)cc1NC(=O)COC(=O)c1cc2ccccc2o1. The van der Waals surface area contributed by atoms with Crippen LogP contribution in [0.2, 0.25) is 5.02 Å². The van der Waals surface area contributed by atoms with Crippen LogP contribution in [0.25, 0.3) is 11.0 Å². The van der Waals surface area contributed by atoms with Gasteiger partial charge in [0.05, 0.1) is 12.8 Å². The Morgan fingerprint density at radius 3 is 2.69 bits per heavy atom. The second kappa shape index (κ2) is 7.49. The van der Waals surface area contributed by atoms with Crippen LogP contribution in [0.5, 0.6) is 5.75 Å². The molecule has 0 aliphatic carbocycles. The zero-order valence-corrected chi connectivity index (χ0v) is 14.9. The normalized spacial score (nSPS) is 10.6. The third-order valence-corrected chi connectivity index (χ3v) is 4.12. The molecular weight excluding hydrogens is 358 g/mol. The molecule has 0 fully saturated rings. The lowest BCUT2D eigenvalue weighted by atomic mass is 10.2. The maximum Gasteiger partial charge on any atom is 0.374 e. The Hall–Kier alpha value is -2.99. The minimum atomic E-state index is -0.712. The van der Waals surface area contributed by atoms with Crippen molar-refractivity contribution in [1.29, 1.82) is 0 Å². The van der Waals surface area contributed by atoms with Crippen LogP contribution in [0, 0.1) is 6.92 Å². The van der Waals surface area contributed by atoms with Gasteiger partial charge in [0.1, 0.15) is 11.3 Å². The van der Waals surface area contributed by atoms with Gasteiger partial charge in [0.2, 0.25) is 5.76 Å². The third-order valence-electron chi connectivity index (χ3n) is 3.72. The van der Waals surface area contributed by atoms with E-state index in [0.29, 0.717) is 22.0 Å². The predicted octanol–water partition coefficient (Wildman–Crippen LogP) is 4.20. The van der Waals surface area contributed by atoms with E-state index in [1.807, 2.05) is 12.1 Å². The Labute approximate surface area is 154 Å². The van der Waals surface area contributed by atoms with Gasteiger partial charge in [-0.3, -0.25) is 4.79 Å². The molecule has 0 aliphatic rings. The lowest BCUT2D eigenvalue weighted by molar-refractivity contribution is -0.119. The summed E-state index contributed by atoms with van der Waals surface area (Å²) in [5.41, 5.74) is 1.80. The maximum absolute atomic E-state index is 12.1. The first-order chi connectivity index (χ1) is 12.5. The first kappa shape index (κ1) is 17.8. The number of aryl methyl sites for hydroxylation is 1. The zero-order valence-electron chi connectivity index (χ0n) is 14.2. The van der Waals surface area contributed by atoms with Crippen molar-refractivity contribution in [3.05, 3.63) is 58.8 Å². The molecule has 0 saturated carbocycles. The number of hydrogen-bond donors (Lipinski definition) is 1. The molecule has 6 nitrogen and oxygen atoms in total. The van der Waals surface area contributed by atoms with Crippen LogP contribution < -0.4 is 10.1 Å². The van der Waals surface area contributed by atoms with Crippen molar-refractivity contribution in [3.63, 3.8) is 0 Å². The second-order valence-electron chi connectivity index (χ2n) is 5.57. The molecule has 0 unspecified atom stereocenters. The van der Waals surface area contributed by atoms with E-state index in [9.17, 15) is 9.59 Å². The summed E-state index contributed by atoms with van der Waals surface area (Å²) in [4.78, 5) is 24.1. The van der Waals surface area contributed by atoms with Crippen molar-refractivity contribution in [2.24, 2.45) is 0 Å². The van der Waals surface area contributed by atoms with E-state index in [4.69, 9.17) is 25.5 Å². The molecule has 0 atom stereocenters. The van der Waals surface area contributed by atoms with Crippen LogP contribution in [0.4, 0.5) is 5.69 Å². The Kier molecular flexibility index (Phi) is 5.14. The number of para-hydroxylation sites is 1. The Bertz CT molecular complexity index is 946. The van der Waals surface area contributed by atoms with Gasteiger partial charge in [-0.05, 0) is 30.7 Å². The van der Waals surface area contributed by atoms with E-state index < -0.39 is 18.5 Å². The van der Waals surface area contributed by atoms with E-state index in [1.54, 1.807) is 37.3 Å². The fourth-order valence-electron chi connectivity index (χ4n) is 2.40. The fraction of sp³-hybridized carbons (Fsp3) is 0.158. The number of esters is 1. The zero-order chi connectivity index (χ0) is 18.7. The highest BCUT2D eigenvalue weighted by Gasteiger charge is 2.16. The van der Waals surface area contributed by atoms with Gasteiger partial charge in [0.25, 0.3) is 5.91 Å². The van der Waals surface area contributed by atoms with Crippen molar-refractivity contribution in [1.82, 2.24) is 0 Å². The van der Waals surface area contributed by atoms with Crippen LogP contribution >= 0.6 is 11.6 Å². The Morgan fingerprint density at radius 2 is 1.96 bits per heavy atom. The first-order valence-corrected chi connectivity index (χ1v) is 8.15. The number of hydrogen-bond acceptors (Lipinski definition) is 5. The highest BCUT2D eigenvalue weighted by atomic mass is 35.5. The highest BCUT2D eigenvalue weighted by Crippen LogP contribution is 2.30. The van der Waals surface area contributed by atoms with Gasteiger partial charge >= 0.3 is 5.97 Å². The molecule has 0 saturated heterocycles. The standard InChI is InChI=1S/C19H16ClNO5/c1-11-7-14(16(24-2)9-13(11)20)21-18(22)10-25-19(23)17-8-12-5-3-4-6-15(12)26-17/h3-9H,10H2,1-2H3,(H,21,22).